The van der Waals surface area contributed by atoms with E-state index in [1.165, 1.54) is 0 Å². The van der Waals surface area contributed by atoms with Crippen LogP contribution in [-0.4, -0.2) is 33.5 Å². The van der Waals surface area contributed by atoms with E-state index in [0.717, 1.165) is 10.6 Å². The maximum atomic E-state index is 10.0. The minimum absolute atomic E-state index is 0.0302. The molecule has 0 aliphatic heterocycles. The Morgan fingerprint density at radius 1 is 1.24 bits per heavy atom. The Morgan fingerprint density at radius 3 is 2.57 bits per heavy atom. The molecule has 112 valence electrons. The van der Waals surface area contributed by atoms with E-state index in [4.69, 9.17) is 0 Å². The van der Waals surface area contributed by atoms with Gasteiger partial charge in [-0.15, -0.1) is 11.8 Å². The maximum absolute atomic E-state index is 10.0. The Morgan fingerprint density at radius 2 is 2.00 bits per heavy atom. The van der Waals surface area contributed by atoms with Gasteiger partial charge in [0.2, 0.25) is 0 Å². The molecule has 0 bridgehead atoms. The van der Waals surface area contributed by atoms with Gasteiger partial charge >= 0.3 is 0 Å². The van der Waals surface area contributed by atoms with Crippen molar-refractivity contribution in [2.75, 3.05) is 12.4 Å². The van der Waals surface area contributed by atoms with E-state index in [1.807, 2.05) is 30.3 Å². The minimum Gasteiger partial charge on any atom is -0.394 e. The normalized spacial score (nSPS) is 14.1. The van der Waals surface area contributed by atoms with Gasteiger partial charge in [0.15, 0.2) is 0 Å². The molecule has 1 heterocycles. The van der Waals surface area contributed by atoms with E-state index in [1.54, 1.807) is 30.4 Å². The molecule has 0 fully saturated rings. The molecule has 2 aromatic rings. The summed E-state index contributed by atoms with van der Waals surface area (Å²) in [6.07, 6.45) is 5.08. The lowest BCUT2D eigenvalue weighted by molar-refractivity contribution is 0.170. The van der Waals surface area contributed by atoms with Gasteiger partial charge in [-0.2, -0.15) is 0 Å². The van der Waals surface area contributed by atoms with Crippen molar-refractivity contribution in [1.29, 1.82) is 0 Å². The van der Waals surface area contributed by atoms with Crippen molar-refractivity contribution in [1.82, 2.24) is 15.3 Å². The Labute approximate surface area is 130 Å². The fourth-order valence-electron chi connectivity index (χ4n) is 2.26. The Hall–Kier alpha value is -1.43. The first-order chi connectivity index (χ1) is 10.2. The summed E-state index contributed by atoms with van der Waals surface area (Å²) in [4.78, 5) is 8.36. The van der Waals surface area contributed by atoms with Crippen molar-refractivity contribution in [3.8, 4) is 0 Å². The van der Waals surface area contributed by atoms with Crippen LogP contribution in [0.4, 0.5) is 0 Å². The number of aliphatic hydroxyl groups excluding tert-OH is 1. The van der Waals surface area contributed by atoms with Gasteiger partial charge in [-0.25, -0.2) is 4.98 Å². The van der Waals surface area contributed by atoms with Crippen LogP contribution in [0.3, 0.4) is 0 Å². The van der Waals surface area contributed by atoms with Gasteiger partial charge in [0, 0.05) is 24.2 Å². The second-order valence-corrected chi connectivity index (χ2v) is 6.23. The maximum Gasteiger partial charge on any atom is 0.114 e. The second kappa shape index (κ2) is 7.54. The first-order valence-electron chi connectivity index (χ1n) is 6.99. The molecule has 0 saturated carbocycles. The summed E-state index contributed by atoms with van der Waals surface area (Å²) >= 11 is 1.59. The molecule has 0 aliphatic carbocycles. The van der Waals surface area contributed by atoms with E-state index in [-0.39, 0.29) is 12.6 Å². The van der Waals surface area contributed by atoms with Crippen molar-refractivity contribution >= 4 is 11.8 Å². The molecule has 1 unspecified atom stereocenters. The largest absolute Gasteiger partial charge is 0.394 e. The van der Waals surface area contributed by atoms with Gasteiger partial charge in [-0.3, -0.25) is 4.98 Å². The zero-order valence-corrected chi connectivity index (χ0v) is 13.2. The topological polar surface area (TPSA) is 58.0 Å². The van der Waals surface area contributed by atoms with Gasteiger partial charge in [0.05, 0.1) is 18.3 Å². The number of nitrogens with zero attached hydrogens (tertiary/aromatic N) is 2. The smallest absolute Gasteiger partial charge is 0.114 e. The van der Waals surface area contributed by atoms with Crippen molar-refractivity contribution in [2.45, 2.75) is 30.5 Å². The second-order valence-electron chi connectivity index (χ2n) is 5.24. The van der Waals surface area contributed by atoms with Crippen LogP contribution in [0, 0.1) is 0 Å². The van der Waals surface area contributed by atoms with Crippen LogP contribution in [0.15, 0.2) is 53.9 Å². The average molecular weight is 303 g/mol. The Kier molecular flexibility index (Phi) is 5.73. The molecule has 21 heavy (non-hydrogen) atoms. The SMILES string of the molecule is CC(C)NC(CO)(CSc1cnccn1)c1ccccc1. The molecule has 0 amide bonds. The lowest BCUT2D eigenvalue weighted by Gasteiger charge is -2.35. The summed E-state index contributed by atoms with van der Waals surface area (Å²) in [6, 6.07) is 10.3. The van der Waals surface area contributed by atoms with Gasteiger partial charge < -0.3 is 10.4 Å². The Balaban J connectivity index is 2.23. The third-order valence-electron chi connectivity index (χ3n) is 3.17. The predicted molar refractivity (Wildman–Crippen MR) is 86.2 cm³/mol. The highest BCUT2D eigenvalue weighted by Gasteiger charge is 2.32. The summed E-state index contributed by atoms with van der Waals surface area (Å²) < 4.78 is 0. The lowest BCUT2D eigenvalue weighted by Crippen LogP contribution is -2.50. The molecule has 1 atom stereocenters. The highest BCUT2D eigenvalue weighted by atomic mass is 32.2. The quantitative estimate of drug-likeness (QED) is 0.770. The first-order valence-corrected chi connectivity index (χ1v) is 7.98. The van der Waals surface area contributed by atoms with E-state index < -0.39 is 5.54 Å². The number of aliphatic hydroxyl groups is 1. The van der Waals surface area contributed by atoms with Crippen LogP contribution in [0.1, 0.15) is 19.4 Å². The van der Waals surface area contributed by atoms with Crippen molar-refractivity contribution < 1.29 is 5.11 Å². The van der Waals surface area contributed by atoms with Gasteiger partial charge in [-0.05, 0) is 19.4 Å². The molecule has 2 rings (SSSR count). The molecule has 1 aromatic carbocycles. The van der Waals surface area contributed by atoms with Gasteiger partial charge in [0.25, 0.3) is 0 Å². The molecule has 0 aliphatic rings. The number of hydrogen-bond acceptors (Lipinski definition) is 5. The zero-order chi connectivity index (χ0) is 15.1. The molecule has 0 saturated heterocycles. The number of thioether (sulfide) groups is 1. The molecule has 1 aromatic heterocycles. The zero-order valence-electron chi connectivity index (χ0n) is 12.4. The molecule has 0 radical (unpaired) electrons. The number of benzene rings is 1. The highest BCUT2D eigenvalue weighted by Crippen LogP contribution is 2.29. The van der Waals surface area contributed by atoms with E-state index in [2.05, 4.69) is 29.1 Å². The standard InChI is InChI=1S/C16H21N3OS/c1-13(2)19-16(11-20,14-6-4-3-5-7-14)12-21-15-10-17-8-9-18-15/h3-10,13,19-20H,11-12H2,1-2H3. The number of hydrogen-bond donors (Lipinski definition) is 2. The predicted octanol–water partition coefficient (Wildman–Crippen LogP) is 2.45. The number of nitrogens with one attached hydrogen (secondary N) is 1. The third-order valence-corrected chi connectivity index (χ3v) is 4.31. The van der Waals surface area contributed by atoms with Crippen LogP contribution >= 0.6 is 11.8 Å². The molecular weight excluding hydrogens is 282 g/mol. The highest BCUT2D eigenvalue weighted by molar-refractivity contribution is 7.99. The lowest BCUT2D eigenvalue weighted by atomic mass is 9.92. The Bertz CT molecular complexity index is 536. The summed E-state index contributed by atoms with van der Waals surface area (Å²) in [5.74, 6) is 0.685. The minimum atomic E-state index is -0.488. The van der Waals surface area contributed by atoms with Crippen LogP contribution in [0.2, 0.25) is 0 Å². The fourth-order valence-corrected chi connectivity index (χ4v) is 3.26. The molecule has 4 nitrogen and oxygen atoms in total. The van der Waals surface area contributed by atoms with Crippen molar-refractivity contribution in [2.24, 2.45) is 0 Å². The average Bonchev–Trinajstić information content (AvgIpc) is 2.53. The summed E-state index contributed by atoms with van der Waals surface area (Å²) in [5, 5.41) is 14.4. The molecule has 5 heteroatoms. The summed E-state index contributed by atoms with van der Waals surface area (Å²) in [5.41, 5.74) is 0.593. The van der Waals surface area contributed by atoms with Crippen molar-refractivity contribution in [3.63, 3.8) is 0 Å². The van der Waals surface area contributed by atoms with Crippen LogP contribution in [0.25, 0.3) is 0 Å². The third kappa shape index (κ3) is 4.27. The molecule has 2 N–H and O–H groups in total. The van der Waals surface area contributed by atoms with Gasteiger partial charge in [0.1, 0.15) is 5.03 Å². The molecule has 0 spiro atoms. The van der Waals surface area contributed by atoms with Crippen LogP contribution < -0.4 is 5.32 Å². The van der Waals surface area contributed by atoms with Gasteiger partial charge in [-0.1, -0.05) is 30.3 Å². The first kappa shape index (κ1) is 15.9. The van der Waals surface area contributed by atoms with E-state index >= 15 is 0 Å². The summed E-state index contributed by atoms with van der Waals surface area (Å²) in [7, 11) is 0. The monoisotopic (exact) mass is 303 g/mol. The number of rotatable bonds is 7. The van der Waals surface area contributed by atoms with E-state index in [9.17, 15) is 5.11 Å². The van der Waals surface area contributed by atoms with Crippen LogP contribution in [-0.2, 0) is 5.54 Å². The summed E-state index contributed by atoms with van der Waals surface area (Å²) in [6.45, 7) is 4.20. The molecular formula is C16H21N3OS. The fraction of sp³-hybridized carbons (Fsp3) is 0.375. The number of aromatic nitrogens is 2. The van der Waals surface area contributed by atoms with E-state index in [0.29, 0.717) is 5.75 Å². The van der Waals surface area contributed by atoms with Crippen LogP contribution in [0.5, 0.6) is 0 Å². The van der Waals surface area contributed by atoms with Crippen molar-refractivity contribution in [3.05, 3.63) is 54.5 Å².